The van der Waals surface area contributed by atoms with Crippen LogP contribution >= 0.6 is 0 Å². The fourth-order valence-corrected chi connectivity index (χ4v) is 3.63. The van der Waals surface area contributed by atoms with E-state index in [1.54, 1.807) is 24.3 Å². The van der Waals surface area contributed by atoms with Crippen LogP contribution in [0.5, 0.6) is 5.75 Å². The Morgan fingerprint density at radius 3 is 2.30 bits per heavy atom. The zero-order chi connectivity index (χ0) is 24.1. The summed E-state index contributed by atoms with van der Waals surface area (Å²) in [5.74, 6) is -1.18. The average Bonchev–Trinajstić information content (AvgIpc) is 3.06. The number of nitrogens with zero attached hydrogens (tertiary/aromatic N) is 3. The van der Waals surface area contributed by atoms with E-state index in [1.807, 2.05) is 25.9 Å². The van der Waals surface area contributed by atoms with Crippen molar-refractivity contribution in [2.24, 2.45) is 0 Å². The third kappa shape index (κ3) is 5.20. The van der Waals surface area contributed by atoms with Gasteiger partial charge in [0.15, 0.2) is 0 Å². The van der Waals surface area contributed by atoms with Crippen LogP contribution in [-0.2, 0) is 9.59 Å². The Kier molecular flexibility index (Phi) is 7.44. The molecule has 0 unspecified atom stereocenters. The first-order valence-electron chi connectivity index (χ1n) is 10.6. The van der Waals surface area contributed by atoms with Crippen LogP contribution in [0.15, 0.2) is 54.1 Å². The van der Waals surface area contributed by atoms with Gasteiger partial charge in [0, 0.05) is 30.8 Å². The van der Waals surface area contributed by atoms with Crippen molar-refractivity contribution in [3.63, 3.8) is 0 Å². The van der Waals surface area contributed by atoms with E-state index in [9.17, 15) is 24.8 Å². The Hall–Kier alpha value is -3.72. The molecule has 0 bridgehead atoms. The highest BCUT2D eigenvalue weighted by molar-refractivity contribution is 6.46. The molecule has 0 spiro atoms. The summed E-state index contributed by atoms with van der Waals surface area (Å²) in [6.45, 7) is 3.30. The van der Waals surface area contributed by atoms with E-state index in [1.165, 1.54) is 29.2 Å². The summed E-state index contributed by atoms with van der Waals surface area (Å²) in [6.07, 6.45) is 0.855. The number of hydrogen-bond donors (Lipinski definition) is 1. The van der Waals surface area contributed by atoms with Gasteiger partial charge < -0.3 is 19.6 Å². The number of amides is 1. The lowest BCUT2D eigenvalue weighted by molar-refractivity contribution is -0.384. The smallest absolute Gasteiger partial charge is 0.295 e. The minimum atomic E-state index is -0.859. The molecule has 2 aromatic rings. The van der Waals surface area contributed by atoms with E-state index in [-0.39, 0.29) is 23.6 Å². The van der Waals surface area contributed by atoms with E-state index in [0.717, 1.165) is 6.42 Å². The molecule has 1 fully saturated rings. The predicted octanol–water partition coefficient (Wildman–Crippen LogP) is 3.37. The minimum Gasteiger partial charge on any atom is -0.507 e. The van der Waals surface area contributed by atoms with Crippen LogP contribution in [-0.4, -0.2) is 65.3 Å². The first-order valence-corrected chi connectivity index (χ1v) is 10.6. The molecule has 1 N–H and O–H groups in total. The monoisotopic (exact) mass is 453 g/mol. The molecular formula is C24H27N3O6. The lowest BCUT2D eigenvalue weighted by atomic mass is 9.95. The van der Waals surface area contributed by atoms with Gasteiger partial charge >= 0.3 is 0 Å². The lowest BCUT2D eigenvalue weighted by Crippen LogP contribution is -2.35. The van der Waals surface area contributed by atoms with Gasteiger partial charge in [-0.15, -0.1) is 0 Å². The molecular weight excluding hydrogens is 426 g/mol. The number of ether oxygens (including phenoxy) is 1. The van der Waals surface area contributed by atoms with Gasteiger partial charge in [0.05, 0.1) is 23.1 Å². The van der Waals surface area contributed by atoms with Crippen LogP contribution in [0.1, 0.15) is 30.5 Å². The van der Waals surface area contributed by atoms with Gasteiger partial charge in [-0.2, -0.15) is 0 Å². The van der Waals surface area contributed by atoms with Crippen LogP contribution < -0.4 is 4.74 Å². The van der Waals surface area contributed by atoms with E-state index < -0.39 is 22.7 Å². The fraction of sp³-hybridized carbons (Fsp3) is 0.333. The normalized spacial score (nSPS) is 17.6. The maximum Gasteiger partial charge on any atom is 0.295 e. The van der Waals surface area contributed by atoms with Gasteiger partial charge in [0.1, 0.15) is 11.5 Å². The first-order chi connectivity index (χ1) is 15.7. The van der Waals surface area contributed by atoms with Crippen LogP contribution in [0.3, 0.4) is 0 Å². The second kappa shape index (κ2) is 10.3. The molecule has 9 nitrogen and oxygen atoms in total. The van der Waals surface area contributed by atoms with Crippen molar-refractivity contribution >= 4 is 23.1 Å². The highest BCUT2D eigenvalue weighted by Gasteiger charge is 2.46. The number of Topliss-reactive ketones (excluding diaryl/α,β-unsaturated/α-hetero) is 1. The predicted molar refractivity (Wildman–Crippen MR) is 123 cm³/mol. The van der Waals surface area contributed by atoms with Crippen LogP contribution in [0.25, 0.3) is 5.76 Å². The van der Waals surface area contributed by atoms with Crippen molar-refractivity contribution in [3.05, 3.63) is 75.3 Å². The number of nitro groups is 1. The van der Waals surface area contributed by atoms with E-state index in [0.29, 0.717) is 30.0 Å². The highest BCUT2D eigenvalue weighted by Crippen LogP contribution is 2.39. The summed E-state index contributed by atoms with van der Waals surface area (Å²) in [7, 11) is 3.69. The molecule has 0 aliphatic carbocycles. The van der Waals surface area contributed by atoms with E-state index in [4.69, 9.17) is 4.74 Å². The number of ketones is 1. The SMILES string of the molecule is CCCOc1ccc(/C(O)=C2\C(=O)C(=O)N(CCN(C)C)[C@H]2c2ccc([N+](=O)[O-])cc2)cc1. The van der Waals surface area contributed by atoms with Crippen molar-refractivity contribution in [1.82, 2.24) is 9.80 Å². The standard InChI is InChI=1S/C24H27N3O6/c1-4-15-33-19-11-7-17(8-12-19)22(28)20-21(16-5-9-18(10-6-16)27(31)32)26(14-13-25(2)3)24(30)23(20)29/h5-12,21,28H,4,13-15H2,1-3H3/b22-20+/t21-/m0/s1. The number of aliphatic hydroxyl groups is 1. The van der Waals surface area contributed by atoms with Crippen LogP contribution in [0, 0.1) is 10.1 Å². The number of aliphatic hydroxyl groups excluding tert-OH is 1. The van der Waals surface area contributed by atoms with E-state index >= 15 is 0 Å². The Morgan fingerprint density at radius 1 is 1.12 bits per heavy atom. The van der Waals surface area contributed by atoms with Crippen molar-refractivity contribution in [3.8, 4) is 5.75 Å². The molecule has 3 rings (SSSR count). The lowest BCUT2D eigenvalue weighted by Gasteiger charge is -2.26. The fourth-order valence-electron chi connectivity index (χ4n) is 3.63. The molecule has 33 heavy (non-hydrogen) atoms. The number of rotatable bonds is 9. The summed E-state index contributed by atoms with van der Waals surface area (Å²) in [4.78, 5) is 39.7. The number of hydrogen-bond acceptors (Lipinski definition) is 7. The topological polar surface area (TPSA) is 113 Å². The van der Waals surface area contributed by atoms with Gasteiger partial charge in [-0.05, 0) is 62.5 Å². The van der Waals surface area contributed by atoms with Crippen molar-refractivity contribution < 1.29 is 24.4 Å². The van der Waals surface area contributed by atoms with Gasteiger partial charge in [-0.1, -0.05) is 6.92 Å². The third-order valence-electron chi connectivity index (χ3n) is 5.35. The molecule has 9 heteroatoms. The second-order valence-corrected chi connectivity index (χ2v) is 8.02. The quantitative estimate of drug-likeness (QED) is 0.204. The van der Waals surface area contributed by atoms with Gasteiger partial charge in [0.2, 0.25) is 0 Å². The van der Waals surface area contributed by atoms with Gasteiger partial charge in [-0.25, -0.2) is 0 Å². The molecule has 0 aromatic heterocycles. The van der Waals surface area contributed by atoms with Crippen molar-refractivity contribution in [2.45, 2.75) is 19.4 Å². The minimum absolute atomic E-state index is 0.0464. The summed E-state index contributed by atoms with van der Waals surface area (Å²) in [5.41, 5.74) is 0.723. The van der Waals surface area contributed by atoms with E-state index in [2.05, 4.69) is 0 Å². The Balaban J connectivity index is 2.06. The third-order valence-corrected chi connectivity index (χ3v) is 5.35. The number of carbonyl (C=O) groups excluding carboxylic acids is 2. The molecule has 1 aliphatic heterocycles. The maximum absolute atomic E-state index is 13.0. The first kappa shape index (κ1) is 23.9. The molecule has 0 radical (unpaired) electrons. The average molecular weight is 453 g/mol. The van der Waals surface area contributed by atoms with Gasteiger partial charge in [-0.3, -0.25) is 19.7 Å². The molecule has 174 valence electrons. The van der Waals surface area contributed by atoms with Gasteiger partial charge in [0.25, 0.3) is 17.4 Å². The number of likely N-dealkylation sites (N-methyl/N-ethyl adjacent to an activating group) is 1. The molecule has 1 aliphatic rings. The zero-order valence-electron chi connectivity index (χ0n) is 18.9. The summed E-state index contributed by atoms with van der Waals surface area (Å²) >= 11 is 0. The Labute approximate surface area is 192 Å². The zero-order valence-corrected chi connectivity index (χ0v) is 18.9. The number of non-ortho nitro benzene ring substituents is 1. The van der Waals surface area contributed by atoms with Crippen LogP contribution in [0.2, 0.25) is 0 Å². The highest BCUT2D eigenvalue weighted by atomic mass is 16.6. The Morgan fingerprint density at radius 2 is 1.76 bits per heavy atom. The largest absolute Gasteiger partial charge is 0.507 e. The van der Waals surface area contributed by atoms with Crippen LogP contribution in [0.4, 0.5) is 5.69 Å². The molecule has 0 saturated carbocycles. The summed E-state index contributed by atoms with van der Waals surface area (Å²) in [5, 5.41) is 22.1. The number of carbonyl (C=O) groups is 2. The number of benzene rings is 2. The number of nitro benzene ring substituents is 1. The molecule has 2 aromatic carbocycles. The van der Waals surface area contributed by atoms with Crippen molar-refractivity contribution in [1.29, 1.82) is 0 Å². The summed E-state index contributed by atoms with van der Waals surface area (Å²) < 4.78 is 5.56. The molecule has 1 heterocycles. The molecule has 1 amide bonds. The second-order valence-electron chi connectivity index (χ2n) is 8.02. The maximum atomic E-state index is 13.0. The molecule has 1 atom stereocenters. The molecule has 1 saturated heterocycles. The summed E-state index contributed by atoms with van der Waals surface area (Å²) in [6, 6.07) is 11.4. The Bertz CT molecular complexity index is 1060. The number of likely N-dealkylation sites (tertiary alicyclic amines) is 1. The van der Waals surface area contributed by atoms with Crippen molar-refractivity contribution in [2.75, 3.05) is 33.8 Å².